The van der Waals surface area contributed by atoms with Gasteiger partial charge in [-0.3, -0.25) is 9.59 Å². The van der Waals surface area contributed by atoms with Crippen LogP contribution in [0.15, 0.2) is 42.5 Å². The Morgan fingerprint density at radius 1 is 0.931 bits per heavy atom. The molecule has 2 aliphatic rings. The molecule has 1 N–H and O–H groups in total. The monoisotopic (exact) mass is 395 g/mol. The number of nitrogens with zero attached hydrogens (tertiary/aromatic N) is 2. The summed E-state index contributed by atoms with van der Waals surface area (Å²) in [5, 5.41) is 2.94. The molecule has 29 heavy (non-hydrogen) atoms. The first-order chi connectivity index (χ1) is 14.1. The topological polar surface area (TPSA) is 71.1 Å². The number of carbonyl (C=O) groups excluding carboxylic acids is 2. The Labute approximate surface area is 170 Å². The SMILES string of the molecule is CC(=O)N1CCN(c2ccc(NC(=O)Cc3ccc4c(c3)OCCO4)cc2)CC1. The number of benzene rings is 2. The Hall–Kier alpha value is -3.22. The maximum atomic E-state index is 12.4. The number of amides is 2. The first-order valence-electron chi connectivity index (χ1n) is 9.87. The van der Waals surface area contributed by atoms with Crippen molar-refractivity contribution in [2.45, 2.75) is 13.3 Å². The van der Waals surface area contributed by atoms with Crippen LogP contribution in [0.25, 0.3) is 0 Å². The van der Waals surface area contributed by atoms with Crippen molar-refractivity contribution in [1.82, 2.24) is 4.90 Å². The Morgan fingerprint density at radius 3 is 2.31 bits per heavy atom. The fourth-order valence-corrected chi connectivity index (χ4v) is 3.62. The predicted octanol–water partition coefficient (Wildman–Crippen LogP) is 2.31. The summed E-state index contributed by atoms with van der Waals surface area (Å²) in [4.78, 5) is 28.0. The third-order valence-corrected chi connectivity index (χ3v) is 5.21. The summed E-state index contributed by atoms with van der Waals surface area (Å²) in [5.74, 6) is 1.46. The van der Waals surface area contributed by atoms with Crippen molar-refractivity contribution in [3.05, 3.63) is 48.0 Å². The number of nitrogens with one attached hydrogen (secondary N) is 1. The quantitative estimate of drug-likeness (QED) is 0.860. The average Bonchev–Trinajstić information content (AvgIpc) is 2.74. The van der Waals surface area contributed by atoms with Gasteiger partial charge in [-0.15, -0.1) is 0 Å². The maximum Gasteiger partial charge on any atom is 0.228 e. The summed E-state index contributed by atoms with van der Waals surface area (Å²) in [7, 11) is 0. The lowest BCUT2D eigenvalue weighted by molar-refractivity contribution is -0.129. The summed E-state index contributed by atoms with van der Waals surface area (Å²) in [6, 6.07) is 13.4. The number of rotatable bonds is 4. The number of anilines is 2. The van der Waals surface area contributed by atoms with Crippen LogP contribution in [0.4, 0.5) is 11.4 Å². The summed E-state index contributed by atoms with van der Waals surface area (Å²) < 4.78 is 11.1. The van der Waals surface area contributed by atoms with Gasteiger partial charge in [0.2, 0.25) is 11.8 Å². The van der Waals surface area contributed by atoms with Gasteiger partial charge in [-0.1, -0.05) is 6.07 Å². The van der Waals surface area contributed by atoms with Crippen molar-refractivity contribution in [3.8, 4) is 11.5 Å². The predicted molar refractivity (Wildman–Crippen MR) is 111 cm³/mol. The van der Waals surface area contributed by atoms with Crippen LogP contribution in [-0.4, -0.2) is 56.1 Å². The molecule has 2 amide bonds. The van der Waals surface area contributed by atoms with Gasteiger partial charge in [-0.25, -0.2) is 0 Å². The van der Waals surface area contributed by atoms with Gasteiger partial charge < -0.3 is 24.6 Å². The smallest absolute Gasteiger partial charge is 0.228 e. The van der Waals surface area contributed by atoms with Crippen LogP contribution < -0.4 is 19.7 Å². The molecule has 0 bridgehead atoms. The maximum absolute atomic E-state index is 12.4. The van der Waals surface area contributed by atoms with Crippen molar-refractivity contribution in [2.75, 3.05) is 49.6 Å². The largest absolute Gasteiger partial charge is 0.486 e. The molecule has 2 aliphatic heterocycles. The van der Waals surface area contributed by atoms with Gasteiger partial charge in [0.05, 0.1) is 6.42 Å². The zero-order chi connectivity index (χ0) is 20.2. The summed E-state index contributed by atoms with van der Waals surface area (Å²) in [5.41, 5.74) is 2.74. The molecule has 1 saturated heterocycles. The van der Waals surface area contributed by atoms with Crippen LogP contribution in [0, 0.1) is 0 Å². The summed E-state index contributed by atoms with van der Waals surface area (Å²) >= 11 is 0. The Morgan fingerprint density at radius 2 is 1.62 bits per heavy atom. The standard InChI is InChI=1S/C22H25N3O4/c1-16(26)24-8-10-25(11-9-24)19-5-3-18(4-6-19)23-22(27)15-17-2-7-20-21(14-17)29-13-12-28-20/h2-7,14H,8-13,15H2,1H3,(H,23,27). The molecular formula is C22H25N3O4. The van der Waals surface area contributed by atoms with Crippen LogP contribution >= 0.6 is 0 Å². The zero-order valence-electron chi connectivity index (χ0n) is 16.5. The van der Waals surface area contributed by atoms with E-state index in [1.807, 2.05) is 47.4 Å². The molecule has 0 aromatic heterocycles. The number of fused-ring (bicyclic) bond motifs is 1. The molecule has 0 spiro atoms. The molecule has 0 atom stereocenters. The van der Waals surface area contributed by atoms with Crippen LogP contribution in [0.2, 0.25) is 0 Å². The lowest BCUT2D eigenvalue weighted by atomic mass is 10.1. The van der Waals surface area contributed by atoms with Crippen molar-refractivity contribution in [2.24, 2.45) is 0 Å². The van der Waals surface area contributed by atoms with Gasteiger partial charge in [0.25, 0.3) is 0 Å². The summed E-state index contributed by atoms with van der Waals surface area (Å²) in [6.45, 7) is 5.80. The van der Waals surface area contributed by atoms with Gasteiger partial charge in [-0.2, -0.15) is 0 Å². The lowest BCUT2D eigenvalue weighted by Crippen LogP contribution is -2.48. The molecule has 0 saturated carbocycles. The molecule has 7 heteroatoms. The van der Waals surface area contributed by atoms with E-state index in [9.17, 15) is 9.59 Å². The van der Waals surface area contributed by atoms with Crippen LogP contribution in [0.1, 0.15) is 12.5 Å². The van der Waals surface area contributed by atoms with Crippen molar-refractivity contribution in [3.63, 3.8) is 0 Å². The number of ether oxygens (including phenoxy) is 2. The number of carbonyl (C=O) groups is 2. The van der Waals surface area contributed by atoms with E-state index in [4.69, 9.17) is 9.47 Å². The van der Waals surface area contributed by atoms with E-state index in [0.717, 1.165) is 48.9 Å². The van der Waals surface area contributed by atoms with E-state index in [1.165, 1.54) is 0 Å². The number of piperazine rings is 1. The number of hydrogen-bond donors (Lipinski definition) is 1. The van der Waals surface area contributed by atoms with Crippen molar-refractivity contribution >= 4 is 23.2 Å². The highest BCUT2D eigenvalue weighted by atomic mass is 16.6. The minimum atomic E-state index is -0.0792. The third-order valence-electron chi connectivity index (χ3n) is 5.21. The summed E-state index contributed by atoms with van der Waals surface area (Å²) in [6.07, 6.45) is 0.269. The molecule has 7 nitrogen and oxygen atoms in total. The molecule has 1 fully saturated rings. The molecule has 2 aromatic carbocycles. The highest BCUT2D eigenvalue weighted by molar-refractivity contribution is 5.92. The zero-order valence-corrected chi connectivity index (χ0v) is 16.5. The lowest BCUT2D eigenvalue weighted by Gasteiger charge is -2.35. The van der Waals surface area contributed by atoms with Crippen LogP contribution in [0.3, 0.4) is 0 Å². The first-order valence-corrected chi connectivity index (χ1v) is 9.87. The van der Waals surface area contributed by atoms with Crippen molar-refractivity contribution in [1.29, 1.82) is 0 Å². The number of hydrogen-bond acceptors (Lipinski definition) is 5. The minimum absolute atomic E-state index is 0.0792. The van der Waals surface area contributed by atoms with E-state index in [0.29, 0.717) is 19.0 Å². The molecule has 4 rings (SSSR count). The highest BCUT2D eigenvalue weighted by Crippen LogP contribution is 2.31. The normalized spacial score (nSPS) is 15.8. The van der Waals surface area contributed by atoms with Gasteiger partial charge in [-0.05, 0) is 42.0 Å². The fourth-order valence-electron chi connectivity index (χ4n) is 3.62. The van der Waals surface area contributed by atoms with Gasteiger partial charge >= 0.3 is 0 Å². The average molecular weight is 395 g/mol. The molecule has 0 aliphatic carbocycles. The molecular weight excluding hydrogens is 370 g/mol. The molecule has 0 radical (unpaired) electrons. The van der Waals surface area contributed by atoms with E-state index in [2.05, 4.69) is 10.2 Å². The Bertz CT molecular complexity index is 889. The van der Waals surface area contributed by atoms with Gasteiger partial charge in [0.1, 0.15) is 13.2 Å². The Kier molecular flexibility index (Phi) is 5.55. The second-order valence-electron chi connectivity index (χ2n) is 7.24. The third kappa shape index (κ3) is 4.62. The molecule has 2 heterocycles. The second-order valence-corrected chi connectivity index (χ2v) is 7.24. The molecule has 2 aromatic rings. The Balaban J connectivity index is 1.32. The van der Waals surface area contributed by atoms with E-state index < -0.39 is 0 Å². The van der Waals surface area contributed by atoms with Gasteiger partial charge in [0.15, 0.2) is 11.5 Å². The van der Waals surface area contributed by atoms with E-state index in [1.54, 1.807) is 6.92 Å². The minimum Gasteiger partial charge on any atom is -0.486 e. The van der Waals surface area contributed by atoms with E-state index in [-0.39, 0.29) is 18.2 Å². The van der Waals surface area contributed by atoms with Crippen LogP contribution in [-0.2, 0) is 16.0 Å². The first kappa shape index (κ1) is 19.1. The molecule has 0 unspecified atom stereocenters. The fraction of sp³-hybridized carbons (Fsp3) is 0.364. The van der Waals surface area contributed by atoms with E-state index >= 15 is 0 Å². The van der Waals surface area contributed by atoms with Crippen LogP contribution in [0.5, 0.6) is 11.5 Å². The highest BCUT2D eigenvalue weighted by Gasteiger charge is 2.19. The molecule has 152 valence electrons. The van der Waals surface area contributed by atoms with Crippen molar-refractivity contribution < 1.29 is 19.1 Å². The second kappa shape index (κ2) is 8.43. The van der Waals surface area contributed by atoms with Gasteiger partial charge in [0, 0.05) is 44.5 Å².